The molecule has 1 aromatic heterocycles. The molecule has 0 saturated carbocycles. The minimum atomic E-state index is -3.85. The number of aromatic nitrogens is 2. The maximum absolute atomic E-state index is 6.69. The predicted molar refractivity (Wildman–Crippen MR) is 122 cm³/mol. The Hall–Kier alpha value is -3.19. The van der Waals surface area contributed by atoms with Crippen molar-refractivity contribution in [3.05, 3.63) is 103 Å². The summed E-state index contributed by atoms with van der Waals surface area (Å²) in [6.45, 7) is 0. The summed E-state index contributed by atoms with van der Waals surface area (Å²) in [7, 11) is 1.55. The Morgan fingerprint density at radius 1 is 0.700 bits per heavy atom. The Bertz CT molecular complexity index is 1010. The Morgan fingerprint density at radius 2 is 1.17 bits per heavy atom. The van der Waals surface area contributed by atoms with E-state index in [1.807, 2.05) is 18.2 Å². The van der Waals surface area contributed by atoms with Crippen LogP contribution >= 0.6 is 0 Å². The zero-order valence-electron chi connectivity index (χ0n) is 16.6. The van der Waals surface area contributed by atoms with E-state index < -0.39 is 18.8 Å². The van der Waals surface area contributed by atoms with Crippen molar-refractivity contribution in [2.75, 3.05) is 7.11 Å². The Kier molecular flexibility index (Phi) is 6.39. The molecule has 0 aliphatic rings. The molecule has 0 aliphatic heterocycles. The number of nitrogens with zero attached hydrogens (tertiary/aromatic N) is 3. The molecule has 4 rings (SSSR count). The fraction of sp³-hybridized carbons (Fsp3) is 0.0417. The van der Waals surface area contributed by atoms with Gasteiger partial charge in [0, 0.05) is 0 Å². The van der Waals surface area contributed by atoms with Crippen molar-refractivity contribution in [1.29, 1.82) is 0 Å². The zero-order chi connectivity index (χ0) is 20.7. The molecule has 148 valence electrons. The molecule has 6 heteroatoms. The first-order valence-corrected chi connectivity index (χ1v) is 15.0. The Labute approximate surface area is 180 Å². The quantitative estimate of drug-likeness (QED) is 0.222. The third-order valence-corrected chi connectivity index (χ3v) is 15.9. The zero-order valence-corrected chi connectivity index (χ0v) is 19.4. The van der Waals surface area contributed by atoms with Crippen molar-refractivity contribution in [1.82, 2.24) is 9.97 Å². The van der Waals surface area contributed by atoms with Gasteiger partial charge in [-0.2, -0.15) is 0 Å². The fourth-order valence-electron chi connectivity index (χ4n) is 3.43. The van der Waals surface area contributed by atoms with Gasteiger partial charge in [0.25, 0.3) is 0 Å². The van der Waals surface area contributed by atoms with Crippen LogP contribution in [0.1, 0.15) is 0 Å². The second kappa shape index (κ2) is 9.54. The molecule has 1 heterocycles. The van der Waals surface area contributed by atoms with E-state index in [-0.39, 0.29) is 0 Å². The molecule has 0 spiro atoms. The molecule has 4 aromatic rings. The van der Waals surface area contributed by atoms with Gasteiger partial charge >= 0.3 is 181 Å². The molecule has 0 radical (unpaired) electrons. The molecule has 0 amide bonds. The first-order chi connectivity index (χ1) is 14.8. The first kappa shape index (κ1) is 20.1. The summed E-state index contributed by atoms with van der Waals surface area (Å²) in [5.74, 6) is 0.742. The normalized spacial score (nSPS) is 11.4. The van der Waals surface area contributed by atoms with Gasteiger partial charge in [-0.1, -0.05) is 0 Å². The van der Waals surface area contributed by atoms with Crippen LogP contribution in [-0.4, -0.2) is 42.3 Å². The number of ether oxygens (including phenoxy) is 1. The number of benzene rings is 3. The van der Waals surface area contributed by atoms with Crippen LogP contribution in [0.4, 0.5) is 5.82 Å². The van der Waals surface area contributed by atoms with E-state index in [9.17, 15) is 0 Å². The number of rotatable bonds is 7. The molecule has 3 aromatic carbocycles. The Morgan fingerprint density at radius 3 is 1.63 bits per heavy atom. The van der Waals surface area contributed by atoms with Crippen LogP contribution in [0.5, 0.6) is 5.88 Å². The molecular weight excluding hydrogens is 481 g/mol. The van der Waals surface area contributed by atoms with Gasteiger partial charge in [0.1, 0.15) is 0 Å². The van der Waals surface area contributed by atoms with Crippen LogP contribution in [0.25, 0.3) is 0 Å². The Balaban J connectivity index is 1.86. The molecule has 0 aliphatic carbocycles. The SMILES string of the molecule is COc1nccnc1N=C[O][Sn]([c]1ccccc1)([c]1ccccc1)[c]1ccccc1. The van der Waals surface area contributed by atoms with E-state index in [0.29, 0.717) is 11.7 Å². The van der Waals surface area contributed by atoms with Crippen LogP contribution in [0.3, 0.4) is 0 Å². The van der Waals surface area contributed by atoms with E-state index in [1.165, 1.54) is 17.1 Å². The van der Waals surface area contributed by atoms with Crippen LogP contribution in [0.15, 0.2) is 108 Å². The van der Waals surface area contributed by atoms with Gasteiger partial charge in [-0.15, -0.1) is 0 Å². The molecule has 0 unspecified atom stereocenters. The van der Waals surface area contributed by atoms with Crippen molar-refractivity contribution >= 4 is 41.7 Å². The third-order valence-electron chi connectivity index (χ3n) is 4.79. The fourth-order valence-corrected chi connectivity index (χ4v) is 13.7. The molecule has 5 nitrogen and oxygen atoms in total. The third kappa shape index (κ3) is 4.07. The summed E-state index contributed by atoms with van der Waals surface area (Å²) in [6, 6.07) is 31.3. The van der Waals surface area contributed by atoms with Crippen LogP contribution in [0, 0.1) is 0 Å². The predicted octanol–water partition coefficient (Wildman–Crippen LogP) is 2.83. The first-order valence-electron chi connectivity index (χ1n) is 9.56. The van der Waals surface area contributed by atoms with E-state index in [2.05, 4.69) is 87.8 Å². The minimum absolute atomic E-state index is 0.359. The van der Waals surface area contributed by atoms with Gasteiger partial charge in [-0.25, -0.2) is 0 Å². The summed E-state index contributed by atoms with van der Waals surface area (Å²) in [6.07, 6.45) is 4.66. The van der Waals surface area contributed by atoms with Crippen LogP contribution < -0.4 is 15.5 Å². The maximum atomic E-state index is 6.69. The second-order valence-electron chi connectivity index (χ2n) is 6.52. The molecular formula is C24H21N3O2Sn. The van der Waals surface area contributed by atoms with Crippen molar-refractivity contribution in [3.8, 4) is 5.88 Å². The average Bonchev–Trinajstić information content (AvgIpc) is 2.84. The molecule has 30 heavy (non-hydrogen) atoms. The van der Waals surface area contributed by atoms with Crippen molar-refractivity contribution in [3.63, 3.8) is 0 Å². The summed E-state index contributed by atoms with van der Waals surface area (Å²) < 4.78 is 15.5. The molecule has 0 bridgehead atoms. The standard InChI is InChI=1S/C6H7N3O2.3C6H5.Sn/c1-11-6-5(9-4-10)7-2-3-8-6;3*1-2-4-6-5-3-1;/h2-4H,1H3,(H,7,9,10);3*1-5H;/q;;;;+1/p-1. The number of hydrogen-bond donors (Lipinski definition) is 0. The van der Waals surface area contributed by atoms with Gasteiger partial charge in [0.15, 0.2) is 0 Å². The van der Waals surface area contributed by atoms with Gasteiger partial charge in [-0.05, 0) is 0 Å². The van der Waals surface area contributed by atoms with Crippen molar-refractivity contribution in [2.45, 2.75) is 0 Å². The van der Waals surface area contributed by atoms with Gasteiger partial charge < -0.3 is 0 Å². The van der Waals surface area contributed by atoms with Gasteiger partial charge in [0.05, 0.1) is 0 Å². The van der Waals surface area contributed by atoms with Crippen LogP contribution in [0.2, 0.25) is 0 Å². The number of hydrogen-bond acceptors (Lipinski definition) is 5. The molecule has 0 N–H and O–H groups in total. The summed E-state index contributed by atoms with van der Waals surface area (Å²) in [4.78, 5) is 12.8. The molecule has 0 fully saturated rings. The topological polar surface area (TPSA) is 56.6 Å². The van der Waals surface area contributed by atoms with Gasteiger partial charge in [-0.3, -0.25) is 0 Å². The van der Waals surface area contributed by atoms with Crippen molar-refractivity contribution < 1.29 is 7.81 Å². The van der Waals surface area contributed by atoms with E-state index >= 15 is 0 Å². The van der Waals surface area contributed by atoms with Crippen LogP contribution in [-0.2, 0) is 3.07 Å². The number of methoxy groups -OCH3 is 1. The molecule has 0 saturated heterocycles. The summed E-state index contributed by atoms with van der Waals surface area (Å²) in [5.41, 5.74) is 0. The van der Waals surface area contributed by atoms with Gasteiger partial charge in [0.2, 0.25) is 0 Å². The molecule has 0 atom stereocenters. The van der Waals surface area contributed by atoms with Crippen molar-refractivity contribution in [2.24, 2.45) is 4.99 Å². The van der Waals surface area contributed by atoms with E-state index in [1.54, 1.807) is 19.5 Å². The van der Waals surface area contributed by atoms with E-state index in [4.69, 9.17) is 7.81 Å². The van der Waals surface area contributed by atoms with E-state index in [0.717, 1.165) is 0 Å². The average molecular weight is 502 g/mol. The number of aliphatic imine (C=N–C) groups is 1. The second-order valence-corrected chi connectivity index (χ2v) is 16.0. The monoisotopic (exact) mass is 503 g/mol. The summed E-state index contributed by atoms with van der Waals surface area (Å²) in [5, 5.41) is 0. The summed E-state index contributed by atoms with van der Waals surface area (Å²) >= 11 is -3.85.